The lowest BCUT2D eigenvalue weighted by Gasteiger charge is -2.05. The standard InChI is InChI=1S/C17H15BrO3/c18-11-12-1-3-13(4-2-12)14-5-7-15(8-6-14)16(19)9-10-17(20)21/h1-8H,9-11H2,(H,20,21). The molecule has 0 aromatic heterocycles. The number of alkyl halides is 1. The van der Waals surface area contributed by atoms with Gasteiger partial charge in [0.15, 0.2) is 5.78 Å². The number of hydrogen-bond donors (Lipinski definition) is 1. The number of benzene rings is 2. The predicted octanol–water partition coefficient (Wildman–Crippen LogP) is 4.30. The molecule has 2 rings (SSSR count). The van der Waals surface area contributed by atoms with Crippen LogP contribution >= 0.6 is 15.9 Å². The first-order valence-corrected chi connectivity index (χ1v) is 7.72. The lowest BCUT2D eigenvalue weighted by molar-refractivity contribution is -0.136. The number of hydrogen-bond acceptors (Lipinski definition) is 2. The van der Waals surface area contributed by atoms with Gasteiger partial charge >= 0.3 is 5.97 Å². The highest BCUT2D eigenvalue weighted by molar-refractivity contribution is 9.08. The van der Waals surface area contributed by atoms with Gasteiger partial charge in [-0.05, 0) is 16.7 Å². The summed E-state index contributed by atoms with van der Waals surface area (Å²) in [5.41, 5.74) is 3.88. The van der Waals surface area contributed by atoms with Crippen LogP contribution in [0.15, 0.2) is 48.5 Å². The van der Waals surface area contributed by atoms with Crippen LogP contribution in [0.1, 0.15) is 28.8 Å². The molecule has 1 N–H and O–H groups in total. The second-order valence-corrected chi connectivity index (χ2v) is 5.29. The molecule has 2 aromatic rings. The van der Waals surface area contributed by atoms with Crippen LogP contribution in [0.2, 0.25) is 0 Å². The van der Waals surface area contributed by atoms with E-state index in [1.54, 1.807) is 12.1 Å². The third-order valence-electron chi connectivity index (χ3n) is 3.21. The van der Waals surface area contributed by atoms with Crippen molar-refractivity contribution in [3.05, 3.63) is 59.7 Å². The minimum absolute atomic E-state index is 0.0363. The van der Waals surface area contributed by atoms with Crippen LogP contribution in [0, 0.1) is 0 Å². The Labute approximate surface area is 131 Å². The van der Waals surface area contributed by atoms with Crippen molar-refractivity contribution in [2.75, 3.05) is 0 Å². The number of aliphatic carboxylic acids is 1. The number of carbonyl (C=O) groups excluding carboxylic acids is 1. The number of halogens is 1. The van der Waals surface area contributed by atoms with E-state index in [9.17, 15) is 9.59 Å². The van der Waals surface area contributed by atoms with Gasteiger partial charge in [0.2, 0.25) is 0 Å². The van der Waals surface area contributed by atoms with Gasteiger partial charge in [-0.3, -0.25) is 9.59 Å². The van der Waals surface area contributed by atoms with Crippen LogP contribution in [-0.2, 0) is 10.1 Å². The molecule has 4 heteroatoms. The summed E-state index contributed by atoms with van der Waals surface area (Å²) in [6.07, 6.45) is -0.0940. The van der Waals surface area contributed by atoms with Crippen molar-refractivity contribution in [3.8, 4) is 11.1 Å². The quantitative estimate of drug-likeness (QED) is 0.626. The van der Waals surface area contributed by atoms with Crippen molar-refractivity contribution in [1.82, 2.24) is 0 Å². The van der Waals surface area contributed by atoms with Crippen LogP contribution in [0.5, 0.6) is 0 Å². The van der Waals surface area contributed by atoms with E-state index >= 15 is 0 Å². The largest absolute Gasteiger partial charge is 0.481 e. The highest BCUT2D eigenvalue weighted by Crippen LogP contribution is 2.21. The number of ketones is 1. The van der Waals surface area contributed by atoms with Gasteiger partial charge in [-0.1, -0.05) is 64.5 Å². The van der Waals surface area contributed by atoms with Gasteiger partial charge in [0.25, 0.3) is 0 Å². The van der Waals surface area contributed by atoms with E-state index in [1.165, 1.54) is 5.56 Å². The van der Waals surface area contributed by atoms with Crippen molar-refractivity contribution >= 4 is 27.7 Å². The van der Waals surface area contributed by atoms with E-state index in [0.717, 1.165) is 16.5 Å². The van der Waals surface area contributed by atoms with Crippen molar-refractivity contribution in [3.63, 3.8) is 0 Å². The first kappa shape index (κ1) is 15.4. The molecule has 0 fully saturated rings. The summed E-state index contributed by atoms with van der Waals surface area (Å²) in [7, 11) is 0. The lowest BCUT2D eigenvalue weighted by atomic mass is 10.0. The molecule has 0 heterocycles. The summed E-state index contributed by atoms with van der Waals surface area (Å²) >= 11 is 3.41. The molecule has 0 saturated heterocycles. The first-order chi connectivity index (χ1) is 10.1. The Morgan fingerprint density at radius 3 is 1.86 bits per heavy atom. The molecule has 0 aliphatic rings. The maximum absolute atomic E-state index is 11.8. The molecule has 0 unspecified atom stereocenters. The lowest BCUT2D eigenvalue weighted by Crippen LogP contribution is -2.03. The fraction of sp³-hybridized carbons (Fsp3) is 0.176. The molecule has 21 heavy (non-hydrogen) atoms. The fourth-order valence-electron chi connectivity index (χ4n) is 2.00. The number of carbonyl (C=O) groups is 2. The molecule has 0 saturated carbocycles. The van der Waals surface area contributed by atoms with Gasteiger partial charge < -0.3 is 5.11 Å². The summed E-state index contributed by atoms with van der Waals surface area (Å²) in [6.45, 7) is 0. The molecule has 0 spiro atoms. The Morgan fingerprint density at radius 2 is 1.38 bits per heavy atom. The Balaban J connectivity index is 2.10. The summed E-state index contributed by atoms with van der Waals surface area (Å²) in [4.78, 5) is 22.3. The molecular formula is C17H15BrO3. The van der Waals surface area contributed by atoms with Gasteiger partial charge in [-0.2, -0.15) is 0 Å². The molecular weight excluding hydrogens is 332 g/mol. The van der Waals surface area contributed by atoms with E-state index in [4.69, 9.17) is 5.11 Å². The van der Waals surface area contributed by atoms with Gasteiger partial charge in [-0.25, -0.2) is 0 Å². The van der Waals surface area contributed by atoms with Crippen molar-refractivity contribution in [2.45, 2.75) is 18.2 Å². The Morgan fingerprint density at radius 1 is 0.857 bits per heavy atom. The average molecular weight is 347 g/mol. The second kappa shape index (κ2) is 7.18. The molecule has 0 bridgehead atoms. The Kier molecular flexibility index (Phi) is 5.28. The molecule has 0 aliphatic heterocycles. The molecule has 0 amide bonds. The molecule has 0 radical (unpaired) electrons. The van der Waals surface area contributed by atoms with Crippen molar-refractivity contribution in [1.29, 1.82) is 0 Å². The van der Waals surface area contributed by atoms with Gasteiger partial charge in [0, 0.05) is 17.3 Å². The van der Waals surface area contributed by atoms with E-state index in [2.05, 4.69) is 28.1 Å². The van der Waals surface area contributed by atoms with E-state index in [0.29, 0.717) is 5.56 Å². The van der Waals surface area contributed by atoms with E-state index in [1.807, 2.05) is 24.3 Å². The SMILES string of the molecule is O=C(O)CCC(=O)c1ccc(-c2ccc(CBr)cc2)cc1. The molecule has 0 aliphatic carbocycles. The third kappa shape index (κ3) is 4.26. The van der Waals surface area contributed by atoms with Gasteiger partial charge in [0.1, 0.15) is 0 Å². The van der Waals surface area contributed by atoms with Crippen LogP contribution in [0.25, 0.3) is 11.1 Å². The van der Waals surface area contributed by atoms with Crippen LogP contribution in [0.4, 0.5) is 0 Å². The second-order valence-electron chi connectivity index (χ2n) is 4.72. The molecule has 3 nitrogen and oxygen atoms in total. The normalized spacial score (nSPS) is 10.3. The molecule has 108 valence electrons. The molecule has 0 atom stereocenters. The van der Waals surface area contributed by atoms with Gasteiger partial charge in [0.05, 0.1) is 6.42 Å². The third-order valence-corrected chi connectivity index (χ3v) is 3.86. The average Bonchev–Trinajstić information content (AvgIpc) is 2.53. The number of carboxylic acid groups (broad SMARTS) is 1. The highest BCUT2D eigenvalue weighted by Gasteiger charge is 2.08. The van der Waals surface area contributed by atoms with Crippen molar-refractivity contribution < 1.29 is 14.7 Å². The van der Waals surface area contributed by atoms with Crippen molar-refractivity contribution in [2.24, 2.45) is 0 Å². The monoisotopic (exact) mass is 346 g/mol. The predicted molar refractivity (Wildman–Crippen MR) is 85.7 cm³/mol. The summed E-state index contributed by atoms with van der Waals surface area (Å²) < 4.78 is 0. The van der Waals surface area contributed by atoms with Gasteiger partial charge in [-0.15, -0.1) is 0 Å². The number of Topliss-reactive ketones (excluding diaryl/α,β-unsaturated/α-hetero) is 1. The van der Waals surface area contributed by atoms with Crippen LogP contribution in [-0.4, -0.2) is 16.9 Å². The zero-order chi connectivity index (χ0) is 15.2. The smallest absolute Gasteiger partial charge is 0.303 e. The summed E-state index contributed by atoms with van der Waals surface area (Å²) in [6, 6.07) is 15.5. The minimum atomic E-state index is -0.952. The maximum atomic E-state index is 11.8. The first-order valence-electron chi connectivity index (χ1n) is 6.60. The number of rotatable bonds is 6. The topological polar surface area (TPSA) is 54.4 Å². The number of carboxylic acids is 1. The Hall–Kier alpha value is -1.94. The zero-order valence-electron chi connectivity index (χ0n) is 11.4. The fourth-order valence-corrected chi connectivity index (χ4v) is 2.37. The zero-order valence-corrected chi connectivity index (χ0v) is 13.0. The molecule has 2 aromatic carbocycles. The summed E-state index contributed by atoms with van der Waals surface area (Å²) in [5.74, 6) is -1.09. The Bertz CT molecular complexity index is 630. The van der Waals surface area contributed by atoms with E-state index < -0.39 is 5.97 Å². The van der Waals surface area contributed by atoms with E-state index in [-0.39, 0.29) is 18.6 Å². The van der Waals surface area contributed by atoms with Crippen LogP contribution in [0.3, 0.4) is 0 Å². The maximum Gasteiger partial charge on any atom is 0.303 e. The summed E-state index contributed by atoms with van der Waals surface area (Å²) in [5, 5.41) is 9.41. The minimum Gasteiger partial charge on any atom is -0.481 e. The van der Waals surface area contributed by atoms with Crippen LogP contribution < -0.4 is 0 Å². The highest BCUT2D eigenvalue weighted by atomic mass is 79.9.